The van der Waals surface area contributed by atoms with Gasteiger partial charge in [-0.1, -0.05) is 30.3 Å². The van der Waals surface area contributed by atoms with Crippen LogP contribution in [0.4, 0.5) is 5.69 Å². The Balaban J connectivity index is 1.58. The smallest absolute Gasteiger partial charge is 0.307 e. The molecule has 1 aromatic heterocycles. The van der Waals surface area contributed by atoms with Gasteiger partial charge in [0, 0.05) is 23.8 Å². The molecule has 0 saturated heterocycles. The molecule has 0 aliphatic heterocycles. The maximum absolute atomic E-state index is 14.1. The molecule has 0 bridgehead atoms. The number of carbonyl (C=O) groups is 1. The average Bonchev–Trinajstić information content (AvgIpc) is 3.59. The lowest BCUT2D eigenvalue weighted by molar-refractivity contribution is -0.141. The molecule has 3 aromatic carbocycles. The normalized spacial score (nSPS) is 16.2. The zero-order valence-electron chi connectivity index (χ0n) is 22.6. The van der Waals surface area contributed by atoms with Gasteiger partial charge < -0.3 is 14.4 Å². The second-order valence-corrected chi connectivity index (χ2v) is 11.3. The van der Waals surface area contributed by atoms with Gasteiger partial charge in [0.1, 0.15) is 5.76 Å². The van der Waals surface area contributed by atoms with E-state index in [1.165, 1.54) is 18.2 Å². The zero-order valence-corrected chi connectivity index (χ0v) is 21.4. The van der Waals surface area contributed by atoms with Crippen LogP contribution in [-0.4, -0.2) is 25.5 Å². The van der Waals surface area contributed by atoms with Crippen LogP contribution in [0.5, 0.6) is 0 Å². The Labute approximate surface area is 219 Å². The van der Waals surface area contributed by atoms with Crippen molar-refractivity contribution in [2.24, 2.45) is 5.92 Å². The summed E-state index contributed by atoms with van der Waals surface area (Å²) in [7, 11) is -4.18. The molecule has 37 heavy (non-hydrogen) atoms. The van der Waals surface area contributed by atoms with Crippen LogP contribution in [0, 0.1) is 5.92 Å². The molecule has 0 spiro atoms. The van der Waals surface area contributed by atoms with Gasteiger partial charge in [-0.05, 0) is 91.9 Å². The van der Waals surface area contributed by atoms with E-state index >= 15 is 0 Å². The molecule has 1 N–H and O–H groups in total. The van der Waals surface area contributed by atoms with Crippen LogP contribution >= 0.6 is 0 Å². The summed E-state index contributed by atoms with van der Waals surface area (Å²) in [5.41, 5.74) is 2.63. The minimum Gasteiger partial charge on any atom is -0.481 e. The molecule has 190 valence electrons. The standard InChI is InChI=1S/C30H29NO5S/c1-20(2)31(25-14-12-21(13-15-25)27-9-6-16-36-27)19-23-7-3-4-10-28(23)37(34,35)29-11-5-8-22-17-24(30(32)33)18-26(22)29/h3-16,20,24H,17-19H2,1-2H3,(H,32,33)/t24-/m0/s1/i19D2. The lowest BCUT2D eigenvalue weighted by Crippen LogP contribution is -2.30. The molecule has 1 aliphatic carbocycles. The lowest BCUT2D eigenvalue weighted by atomic mass is 10.1. The SMILES string of the molecule is [2H]C([2H])(c1ccccc1S(=O)(=O)c1cccc2c1C[C@@H](C(=O)O)C2)N(c1ccc(-c2ccco2)cc1)C(C)C. The van der Waals surface area contributed by atoms with E-state index in [2.05, 4.69) is 0 Å². The van der Waals surface area contributed by atoms with Crippen LogP contribution in [0.2, 0.25) is 0 Å². The van der Waals surface area contributed by atoms with Crippen molar-refractivity contribution in [2.75, 3.05) is 4.90 Å². The zero-order chi connectivity index (χ0) is 27.9. The van der Waals surface area contributed by atoms with E-state index in [1.54, 1.807) is 53.6 Å². The maximum atomic E-state index is 14.1. The van der Waals surface area contributed by atoms with Crippen LogP contribution in [0.3, 0.4) is 0 Å². The number of rotatable bonds is 8. The first kappa shape index (κ1) is 22.4. The van der Waals surface area contributed by atoms with Gasteiger partial charge in [-0.15, -0.1) is 0 Å². The number of anilines is 1. The number of carboxylic acids is 1. The molecule has 1 heterocycles. The fraction of sp³-hybridized carbons (Fsp3) is 0.233. The van der Waals surface area contributed by atoms with Gasteiger partial charge in [-0.25, -0.2) is 8.42 Å². The molecular formula is C30H29NO5S. The first-order valence-corrected chi connectivity index (χ1v) is 13.6. The Bertz CT molecular complexity index is 1610. The van der Waals surface area contributed by atoms with Crippen molar-refractivity contribution in [1.29, 1.82) is 0 Å². The topological polar surface area (TPSA) is 87.8 Å². The van der Waals surface area contributed by atoms with E-state index in [1.807, 2.05) is 32.0 Å². The van der Waals surface area contributed by atoms with Crippen molar-refractivity contribution in [1.82, 2.24) is 0 Å². The van der Waals surface area contributed by atoms with Crippen LogP contribution in [-0.2, 0) is 34.0 Å². The Kier molecular flexibility index (Phi) is 5.98. The number of nitrogens with zero attached hydrogens (tertiary/aromatic N) is 1. The monoisotopic (exact) mass is 517 g/mol. The van der Waals surface area contributed by atoms with Gasteiger partial charge in [-0.3, -0.25) is 4.79 Å². The summed E-state index contributed by atoms with van der Waals surface area (Å²) in [6.45, 7) is 1.50. The van der Waals surface area contributed by atoms with E-state index in [0.717, 1.165) is 5.56 Å². The van der Waals surface area contributed by atoms with E-state index in [4.69, 9.17) is 4.42 Å². The van der Waals surface area contributed by atoms with Gasteiger partial charge in [0.15, 0.2) is 0 Å². The van der Waals surface area contributed by atoms with Crippen molar-refractivity contribution in [3.8, 4) is 11.3 Å². The van der Waals surface area contributed by atoms with Crippen LogP contribution in [0.15, 0.2) is 99.3 Å². The molecule has 7 heteroatoms. The highest BCUT2D eigenvalue weighted by atomic mass is 32.2. The fourth-order valence-corrected chi connectivity index (χ4v) is 6.50. The number of benzene rings is 3. The third-order valence-electron chi connectivity index (χ3n) is 6.67. The van der Waals surface area contributed by atoms with Crippen molar-refractivity contribution in [3.05, 3.63) is 102 Å². The van der Waals surface area contributed by atoms with E-state index in [9.17, 15) is 21.1 Å². The fourth-order valence-electron chi connectivity index (χ4n) is 4.81. The molecular weight excluding hydrogens is 486 g/mol. The van der Waals surface area contributed by atoms with Crippen molar-refractivity contribution in [2.45, 2.75) is 49.0 Å². The highest BCUT2D eigenvalue weighted by Crippen LogP contribution is 2.36. The Morgan fingerprint density at radius 1 is 1.00 bits per heavy atom. The second kappa shape index (κ2) is 9.90. The number of sulfone groups is 1. The summed E-state index contributed by atoms with van der Waals surface area (Å²) in [4.78, 5) is 13.1. The quantitative estimate of drug-likeness (QED) is 0.309. The molecule has 0 fully saturated rings. The maximum Gasteiger partial charge on any atom is 0.307 e. The molecule has 5 rings (SSSR count). The van der Waals surface area contributed by atoms with Crippen LogP contribution in [0.1, 0.15) is 33.3 Å². The Morgan fingerprint density at radius 3 is 2.41 bits per heavy atom. The molecule has 6 nitrogen and oxygen atoms in total. The summed E-state index contributed by atoms with van der Waals surface area (Å²) in [6, 6.07) is 21.6. The number of carboxylic acid groups (broad SMARTS) is 1. The third kappa shape index (κ3) is 4.79. The minimum atomic E-state index is -4.18. The summed E-state index contributed by atoms with van der Waals surface area (Å²) in [5, 5.41) is 9.53. The van der Waals surface area contributed by atoms with Gasteiger partial charge in [0.2, 0.25) is 9.84 Å². The summed E-state index contributed by atoms with van der Waals surface area (Å²) < 4.78 is 52.1. The minimum absolute atomic E-state index is 0.0131. The van der Waals surface area contributed by atoms with Gasteiger partial charge in [-0.2, -0.15) is 0 Å². The van der Waals surface area contributed by atoms with E-state index in [-0.39, 0.29) is 34.2 Å². The number of fused-ring (bicyclic) bond motifs is 1. The van der Waals surface area contributed by atoms with Crippen LogP contribution < -0.4 is 4.90 Å². The predicted molar refractivity (Wildman–Crippen MR) is 142 cm³/mol. The first-order chi connectivity index (χ1) is 18.5. The van der Waals surface area contributed by atoms with Gasteiger partial charge in [0.25, 0.3) is 0 Å². The number of hydrogen-bond acceptors (Lipinski definition) is 5. The third-order valence-corrected chi connectivity index (χ3v) is 8.57. The number of hydrogen-bond donors (Lipinski definition) is 1. The predicted octanol–water partition coefficient (Wildman–Crippen LogP) is 5.99. The summed E-state index contributed by atoms with van der Waals surface area (Å²) >= 11 is 0. The largest absolute Gasteiger partial charge is 0.481 e. The van der Waals surface area contributed by atoms with Crippen molar-refractivity contribution >= 4 is 21.5 Å². The van der Waals surface area contributed by atoms with Crippen molar-refractivity contribution in [3.63, 3.8) is 0 Å². The lowest BCUT2D eigenvalue weighted by Gasteiger charge is -2.30. The Hall–Kier alpha value is -3.84. The second-order valence-electron chi connectivity index (χ2n) is 9.44. The molecule has 0 saturated carbocycles. The molecule has 4 aromatic rings. The van der Waals surface area contributed by atoms with E-state index < -0.39 is 28.2 Å². The molecule has 0 amide bonds. The summed E-state index contributed by atoms with van der Waals surface area (Å²) in [6.07, 6.45) is 1.98. The number of aliphatic carboxylic acids is 1. The first-order valence-electron chi connectivity index (χ1n) is 13.1. The Morgan fingerprint density at radius 2 is 1.73 bits per heavy atom. The average molecular weight is 518 g/mol. The molecule has 1 atom stereocenters. The van der Waals surface area contributed by atoms with E-state index in [0.29, 0.717) is 22.6 Å². The van der Waals surface area contributed by atoms with Crippen molar-refractivity contribution < 1.29 is 25.5 Å². The number of furan rings is 1. The molecule has 1 aliphatic rings. The van der Waals surface area contributed by atoms with Gasteiger partial charge in [0.05, 0.1) is 24.7 Å². The highest BCUT2D eigenvalue weighted by Gasteiger charge is 2.33. The summed E-state index contributed by atoms with van der Waals surface area (Å²) in [5.74, 6) is -0.951. The molecule has 0 radical (unpaired) electrons. The van der Waals surface area contributed by atoms with Crippen LogP contribution in [0.25, 0.3) is 11.3 Å². The van der Waals surface area contributed by atoms with Gasteiger partial charge >= 0.3 is 5.97 Å². The highest BCUT2D eigenvalue weighted by molar-refractivity contribution is 7.91. The molecule has 0 unspecified atom stereocenters.